The molecule has 0 saturated carbocycles. The number of unbranched alkanes of at least 4 members (excludes halogenated alkanes) is 10. The predicted molar refractivity (Wildman–Crippen MR) is 84.3 cm³/mol. The Balaban J connectivity index is 0. The second-order valence-electron chi connectivity index (χ2n) is 4.86. The number of hydrogen-bond acceptors (Lipinski definition) is 2. The standard InChI is InChI=1S/C14H28O3S.Na.H/c1-2-3-4-5-6-7-8-9-10-11-12-13-14-18(15,16)17;;/h13-14H,2-12H2,1H3,(H,15,16,17);;. The molecule has 0 unspecified atom stereocenters. The molecule has 0 bridgehead atoms. The third-order valence-corrected chi connectivity index (χ3v) is 3.53. The van der Waals surface area contributed by atoms with Gasteiger partial charge in [-0.05, 0) is 12.8 Å². The van der Waals surface area contributed by atoms with Gasteiger partial charge in [0.2, 0.25) is 0 Å². The van der Waals surface area contributed by atoms with Crippen LogP contribution in [0.15, 0.2) is 11.5 Å². The van der Waals surface area contributed by atoms with Crippen molar-refractivity contribution in [3.05, 3.63) is 11.5 Å². The van der Waals surface area contributed by atoms with Gasteiger partial charge in [-0.2, -0.15) is 8.42 Å². The summed E-state index contributed by atoms with van der Waals surface area (Å²) in [6, 6.07) is 0. The summed E-state index contributed by atoms with van der Waals surface area (Å²) in [6.07, 6.45) is 15.0. The molecule has 0 heterocycles. The zero-order valence-corrected chi connectivity index (χ0v) is 12.4. The van der Waals surface area contributed by atoms with Gasteiger partial charge in [0.1, 0.15) is 0 Å². The molecule has 0 radical (unpaired) electrons. The first-order valence-corrected chi connectivity index (χ1v) is 8.70. The molecule has 0 rings (SSSR count). The Morgan fingerprint density at radius 1 is 0.842 bits per heavy atom. The maximum absolute atomic E-state index is 10.4. The summed E-state index contributed by atoms with van der Waals surface area (Å²) in [5, 5.41) is 0.876. The van der Waals surface area contributed by atoms with Crippen LogP contribution in [0.1, 0.15) is 77.6 Å². The molecule has 0 aromatic heterocycles. The third-order valence-electron chi connectivity index (χ3n) is 2.99. The molecule has 5 heteroatoms. The van der Waals surface area contributed by atoms with E-state index >= 15 is 0 Å². The quantitative estimate of drug-likeness (QED) is 0.336. The molecule has 0 aromatic rings. The van der Waals surface area contributed by atoms with Crippen molar-refractivity contribution in [1.82, 2.24) is 0 Å². The molecule has 3 nitrogen and oxygen atoms in total. The maximum atomic E-state index is 10.4. The van der Waals surface area contributed by atoms with E-state index in [-0.39, 0.29) is 29.6 Å². The summed E-state index contributed by atoms with van der Waals surface area (Å²) >= 11 is 0. The molecule has 0 aromatic carbocycles. The van der Waals surface area contributed by atoms with Crippen LogP contribution in [0.3, 0.4) is 0 Å². The average Bonchev–Trinajstić information content (AvgIpc) is 2.29. The Bertz CT molecular complexity index is 300. The number of rotatable bonds is 12. The van der Waals surface area contributed by atoms with E-state index in [0.717, 1.165) is 24.7 Å². The van der Waals surface area contributed by atoms with Gasteiger partial charge in [-0.1, -0.05) is 70.8 Å². The molecule has 0 spiro atoms. The molecular formula is C14H29NaO3S. The van der Waals surface area contributed by atoms with Crippen LogP contribution in [-0.2, 0) is 10.1 Å². The molecule has 0 aliphatic carbocycles. The third kappa shape index (κ3) is 21.1. The first-order chi connectivity index (χ1) is 8.56. The van der Waals surface area contributed by atoms with Crippen molar-refractivity contribution in [3.8, 4) is 0 Å². The van der Waals surface area contributed by atoms with Crippen molar-refractivity contribution >= 4 is 39.7 Å². The van der Waals surface area contributed by atoms with Crippen molar-refractivity contribution in [2.45, 2.75) is 77.6 Å². The minimum atomic E-state index is -3.92. The molecule has 19 heavy (non-hydrogen) atoms. The molecule has 0 saturated heterocycles. The van der Waals surface area contributed by atoms with E-state index in [0.29, 0.717) is 0 Å². The Labute approximate surface area is 141 Å². The van der Waals surface area contributed by atoms with Crippen LogP contribution in [0.25, 0.3) is 0 Å². The van der Waals surface area contributed by atoms with Crippen LogP contribution in [0.4, 0.5) is 0 Å². The van der Waals surface area contributed by atoms with Crippen molar-refractivity contribution in [2.75, 3.05) is 0 Å². The normalized spacial score (nSPS) is 11.7. The molecule has 0 amide bonds. The minimum absolute atomic E-state index is 0. The second-order valence-corrected chi connectivity index (χ2v) is 6.16. The van der Waals surface area contributed by atoms with Crippen LogP contribution in [0, 0.1) is 0 Å². The summed E-state index contributed by atoms with van der Waals surface area (Å²) in [6.45, 7) is 2.23. The zero-order valence-electron chi connectivity index (χ0n) is 11.6. The molecule has 1 N–H and O–H groups in total. The van der Waals surface area contributed by atoms with Crippen molar-refractivity contribution < 1.29 is 13.0 Å². The van der Waals surface area contributed by atoms with Gasteiger partial charge in [-0.15, -0.1) is 0 Å². The van der Waals surface area contributed by atoms with Crippen molar-refractivity contribution in [1.29, 1.82) is 0 Å². The summed E-state index contributed by atoms with van der Waals surface area (Å²) in [7, 11) is -3.92. The monoisotopic (exact) mass is 300 g/mol. The van der Waals surface area contributed by atoms with E-state index in [9.17, 15) is 8.42 Å². The van der Waals surface area contributed by atoms with Crippen LogP contribution in [0.2, 0.25) is 0 Å². The van der Waals surface area contributed by atoms with Gasteiger partial charge in [0.15, 0.2) is 0 Å². The van der Waals surface area contributed by atoms with Crippen molar-refractivity contribution in [3.63, 3.8) is 0 Å². The van der Waals surface area contributed by atoms with Gasteiger partial charge >= 0.3 is 29.6 Å². The van der Waals surface area contributed by atoms with Gasteiger partial charge in [0, 0.05) is 0 Å². The first-order valence-electron chi connectivity index (χ1n) is 7.20. The molecule has 0 fully saturated rings. The van der Waals surface area contributed by atoms with Crippen molar-refractivity contribution in [2.24, 2.45) is 0 Å². The molecule has 0 aliphatic heterocycles. The van der Waals surface area contributed by atoms with Gasteiger partial charge in [0.05, 0.1) is 5.41 Å². The summed E-state index contributed by atoms with van der Waals surface area (Å²) in [5.74, 6) is 0. The zero-order chi connectivity index (χ0) is 13.7. The Morgan fingerprint density at radius 3 is 1.68 bits per heavy atom. The van der Waals surface area contributed by atoms with E-state index < -0.39 is 10.1 Å². The second kappa shape index (κ2) is 15.0. The van der Waals surface area contributed by atoms with Gasteiger partial charge in [-0.25, -0.2) is 0 Å². The Kier molecular flexibility index (Phi) is 17.4. The van der Waals surface area contributed by atoms with E-state index in [1.165, 1.54) is 57.4 Å². The SMILES string of the molecule is CCCCCCCCCCCCC=CS(=O)(=O)O.[NaH]. The van der Waals surface area contributed by atoms with Crippen LogP contribution < -0.4 is 0 Å². The van der Waals surface area contributed by atoms with Gasteiger partial charge in [0.25, 0.3) is 10.1 Å². The van der Waals surface area contributed by atoms with E-state index in [1.807, 2.05) is 0 Å². The fraction of sp³-hybridized carbons (Fsp3) is 0.857. The molecular weight excluding hydrogens is 271 g/mol. The molecule has 110 valence electrons. The summed E-state index contributed by atoms with van der Waals surface area (Å²) in [5.41, 5.74) is 0. The Morgan fingerprint density at radius 2 is 1.26 bits per heavy atom. The van der Waals surface area contributed by atoms with Crippen LogP contribution in [-0.4, -0.2) is 42.5 Å². The van der Waals surface area contributed by atoms with Crippen LogP contribution in [0.5, 0.6) is 0 Å². The fourth-order valence-corrected chi connectivity index (χ4v) is 2.32. The van der Waals surface area contributed by atoms with E-state index in [2.05, 4.69) is 6.92 Å². The van der Waals surface area contributed by atoms with E-state index in [1.54, 1.807) is 0 Å². The average molecular weight is 300 g/mol. The first kappa shape index (κ1) is 21.9. The summed E-state index contributed by atoms with van der Waals surface area (Å²) < 4.78 is 29.2. The molecule has 0 atom stereocenters. The summed E-state index contributed by atoms with van der Waals surface area (Å²) in [4.78, 5) is 0. The van der Waals surface area contributed by atoms with Gasteiger partial charge in [-0.3, -0.25) is 4.55 Å². The van der Waals surface area contributed by atoms with Gasteiger partial charge < -0.3 is 0 Å². The fourth-order valence-electron chi connectivity index (χ4n) is 1.94. The Hall–Kier alpha value is 0.650. The predicted octanol–water partition coefficient (Wildman–Crippen LogP) is 4.05. The van der Waals surface area contributed by atoms with E-state index in [4.69, 9.17) is 4.55 Å². The van der Waals surface area contributed by atoms with Crippen LogP contribution >= 0.6 is 0 Å². The molecule has 0 aliphatic rings. The number of allylic oxidation sites excluding steroid dienone is 1. The number of hydrogen-bond donors (Lipinski definition) is 1. The topological polar surface area (TPSA) is 54.4 Å².